The second-order valence-electron chi connectivity index (χ2n) is 8.09. The van der Waals surface area contributed by atoms with E-state index in [-0.39, 0.29) is 11.9 Å². The van der Waals surface area contributed by atoms with Gasteiger partial charge in [-0.1, -0.05) is 23.7 Å². The summed E-state index contributed by atoms with van der Waals surface area (Å²) in [7, 11) is 0. The number of aliphatic hydroxyl groups is 1. The van der Waals surface area contributed by atoms with Crippen molar-refractivity contribution in [3.63, 3.8) is 0 Å². The van der Waals surface area contributed by atoms with Gasteiger partial charge in [0.1, 0.15) is 5.82 Å². The summed E-state index contributed by atoms with van der Waals surface area (Å²) in [6.07, 6.45) is 1.31. The summed E-state index contributed by atoms with van der Waals surface area (Å²) in [5.74, 6) is 0.813. The van der Waals surface area contributed by atoms with E-state index in [1.165, 1.54) is 0 Å². The summed E-state index contributed by atoms with van der Waals surface area (Å²) in [6.45, 7) is 3.97. The number of anilines is 1. The minimum atomic E-state index is -0.466. The largest absolute Gasteiger partial charge is 0.390 e. The van der Waals surface area contributed by atoms with Gasteiger partial charge < -0.3 is 14.9 Å². The van der Waals surface area contributed by atoms with Gasteiger partial charge in [0.25, 0.3) is 5.91 Å². The first-order valence-electron chi connectivity index (χ1n) is 10.5. The molecule has 1 aromatic heterocycles. The highest BCUT2D eigenvalue weighted by molar-refractivity contribution is 6.30. The molecule has 8 heteroatoms. The Morgan fingerprint density at radius 2 is 1.68 bits per heavy atom. The molecule has 2 atom stereocenters. The molecule has 1 unspecified atom stereocenters. The standard InChI is InChI=1S/C23H24ClN5O2/c24-17-7-5-16(6-8-17)23(31)28-11-9-27(10-12-28)20-14-29(15-21(20)30)22-13-25-18-3-1-2-4-19(18)26-22/h1-8,13,20-21,30H,9-12,14-15H2/t20-,21?/m0/s1. The molecule has 0 radical (unpaired) electrons. The van der Waals surface area contributed by atoms with Gasteiger partial charge in [0.05, 0.1) is 29.4 Å². The second-order valence-corrected chi connectivity index (χ2v) is 8.53. The van der Waals surface area contributed by atoms with Gasteiger partial charge in [0.15, 0.2) is 0 Å². The number of β-amino-alcohol motifs (C(OH)–C–C–N with tert-alkyl or cyclic N) is 1. The minimum Gasteiger partial charge on any atom is -0.390 e. The van der Waals surface area contributed by atoms with E-state index >= 15 is 0 Å². The number of hydrogen-bond acceptors (Lipinski definition) is 6. The number of amides is 1. The van der Waals surface area contributed by atoms with Crippen LogP contribution < -0.4 is 4.90 Å². The third kappa shape index (κ3) is 4.08. The fraction of sp³-hybridized carbons (Fsp3) is 0.348. The van der Waals surface area contributed by atoms with Crippen molar-refractivity contribution < 1.29 is 9.90 Å². The molecule has 5 rings (SSSR count). The smallest absolute Gasteiger partial charge is 0.253 e. The molecule has 160 valence electrons. The van der Waals surface area contributed by atoms with Gasteiger partial charge in [-0.15, -0.1) is 0 Å². The van der Waals surface area contributed by atoms with Crippen LogP contribution in [0.3, 0.4) is 0 Å². The summed E-state index contributed by atoms with van der Waals surface area (Å²) < 4.78 is 0. The Balaban J connectivity index is 1.22. The molecule has 2 fully saturated rings. The van der Waals surface area contributed by atoms with E-state index < -0.39 is 6.10 Å². The maximum atomic E-state index is 12.7. The van der Waals surface area contributed by atoms with Crippen molar-refractivity contribution in [1.82, 2.24) is 19.8 Å². The zero-order chi connectivity index (χ0) is 21.4. The first-order chi connectivity index (χ1) is 15.1. The Bertz CT molecular complexity index is 1080. The summed E-state index contributed by atoms with van der Waals surface area (Å²) in [6, 6.07) is 14.8. The van der Waals surface area contributed by atoms with Crippen molar-refractivity contribution >= 4 is 34.4 Å². The van der Waals surface area contributed by atoms with E-state index in [1.54, 1.807) is 30.5 Å². The second kappa shape index (κ2) is 8.42. The molecule has 1 N–H and O–H groups in total. The number of aliphatic hydroxyl groups excluding tert-OH is 1. The highest BCUT2D eigenvalue weighted by atomic mass is 35.5. The van der Waals surface area contributed by atoms with E-state index in [0.29, 0.717) is 36.8 Å². The summed E-state index contributed by atoms with van der Waals surface area (Å²) in [5.41, 5.74) is 2.37. The third-order valence-corrected chi connectivity index (χ3v) is 6.43. The van der Waals surface area contributed by atoms with Gasteiger partial charge in [-0.2, -0.15) is 0 Å². The molecular formula is C23H24ClN5O2. The number of rotatable bonds is 3. The molecule has 3 heterocycles. The Morgan fingerprint density at radius 1 is 0.968 bits per heavy atom. The first-order valence-corrected chi connectivity index (χ1v) is 10.9. The first kappa shape index (κ1) is 20.2. The van der Waals surface area contributed by atoms with Gasteiger partial charge >= 0.3 is 0 Å². The van der Waals surface area contributed by atoms with E-state index in [9.17, 15) is 9.90 Å². The monoisotopic (exact) mass is 437 g/mol. The SMILES string of the molecule is O=C(c1ccc(Cl)cc1)N1CCN([C@H]2CN(c3cnc4ccccc4n3)CC2O)CC1. The Kier molecular flexibility index (Phi) is 5.48. The number of aromatic nitrogens is 2. The molecule has 1 amide bonds. The molecule has 2 aliphatic rings. The molecular weight excluding hydrogens is 414 g/mol. The van der Waals surface area contributed by atoms with Gasteiger partial charge in [0.2, 0.25) is 0 Å². The van der Waals surface area contributed by atoms with Crippen molar-refractivity contribution in [3.05, 3.63) is 65.3 Å². The number of halogens is 1. The summed E-state index contributed by atoms with van der Waals surface area (Å²) in [5, 5.41) is 11.4. The molecule has 2 aliphatic heterocycles. The predicted octanol–water partition coefficient (Wildman–Crippen LogP) is 2.29. The maximum absolute atomic E-state index is 12.7. The fourth-order valence-electron chi connectivity index (χ4n) is 4.45. The van der Waals surface area contributed by atoms with Crippen LogP contribution in [0, 0.1) is 0 Å². The Labute approximate surface area is 185 Å². The normalized spacial score (nSPS) is 22.3. The lowest BCUT2D eigenvalue weighted by Gasteiger charge is -2.38. The van der Waals surface area contributed by atoms with Gasteiger partial charge in [-0.05, 0) is 36.4 Å². The van der Waals surface area contributed by atoms with Gasteiger partial charge in [0, 0.05) is 49.9 Å². The molecule has 0 spiro atoms. The molecule has 2 aromatic carbocycles. The van der Waals surface area contributed by atoms with Crippen molar-refractivity contribution in [1.29, 1.82) is 0 Å². The lowest BCUT2D eigenvalue weighted by molar-refractivity contribution is 0.0376. The van der Waals surface area contributed by atoms with Gasteiger partial charge in [-0.25, -0.2) is 4.98 Å². The lowest BCUT2D eigenvalue weighted by atomic mass is 10.1. The average molecular weight is 438 g/mol. The highest BCUT2D eigenvalue weighted by Crippen LogP contribution is 2.24. The van der Waals surface area contributed by atoms with Crippen LogP contribution >= 0.6 is 11.6 Å². The molecule has 3 aromatic rings. The van der Waals surface area contributed by atoms with Gasteiger partial charge in [-0.3, -0.25) is 14.7 Å². The molecule has 7 nitrogen and oxygen atoms in total. The van der Waals surface area contributed by atoms with Crippen molar-refractivity contribution in [2.45, 2.75) is 12.1 Å². The quantitative estimate of drug-likeness (QED) is 0.677. The van der Waals surface area contributed by atoms with Crippen LogP contribution in [0.15, 0.2) is 54.7 Å². The van der Waals surface area contributed by atoms with Crippen LogP contribution in [-0.4, -0.2) is 82.2 Å². The minimum absolute atomic E-state index is 0.0149. The number of hydrogen-bond donors (Lipinski definition) is 1. The van der Waals surface area contributed by atoms with E-state index in [2.05, 4.69) is 14.8 Å². The van der Waals surface area contributed by atoms with Crippen molar-refractivity contribution in [3.8, 4) is 0 Å². The molecule has 0 bridgehead atoms. The van der Waals surface area contributed by atoms with Crippen LogP contribution in [0.4, 0.5) is 5.82 Å². The zero-order valence-corrected chi connectivity index (χ0v) is 17.8. The third-order valence-electron chi connectivity index (χ3n) is 6.18. The number of benzene rings is 2. The fourth-order valence-corrected chi connectivity index (χ4v) is 4.57. The number of carbonyl (C=O) groups is 1. The van der Waals surface area contributed by atoms with Crippen LogP contribution in [0.5, 0.6) is 0 Å². The number of nitrogens with zero attached hydrogens (tertiary/aromatic N) is 5. The average Bonchev–Trinajstić information content (AvgIpc) is 3.20. The Morgan fingerprint density at radius 3 is 2.42 bits per heavy atom. The van der Waals surface area contributed by atoms with Crippen molar-refractivity contribution in [2.75, 3.05) is 44.2 Å². The lowest BCUT2D eigenvalue weighted by Crippen LogP contribution is -2.54. The molecule has 31 heavy (non-hydrogen) atoms. The van der Waals surface area contributed by atoms with Crippen LogP contribution in [0.1, 0.15) is 10.4 Å². The van der Waals surface area contributed by atoms with Crippen LogP contribution in [-0.2, 0) is 0 Å². The topological polar surface area (TPSA) is 72.8 Å². The summed E-state index contributed by atoms with van der Waals surface area (Å²) in [4.78, 5) is 28.2. The van der Waals surface area contributed by atoms with Crippen LogP contribution in [0.2, 0.25) is 5.02 Å². The number of piperazine rings is 1. The molecule has 0 aliphatic carbocycles. The Hall–Kier alpha value is -2.74. The number of carbonyl (C=O) groups excluding carboxylic acids is 1. The van der Waals surface area contributed by atoms with E-state index in [4.69, 9.17) is 16.6 Å². The van der Waals surface area contributed by atoms with E-state index in [1.807, 2.05) is 29.2 Å². The molecule has 0 saturated carbocycles. The maximum Gasteiger partial charge on any atom is 0.253 e. The van der Waals surface area contributed by atoms with Crippen LogP contribution in [0.25, 0.3) is 11.0 Å². The van der Waals surface area contributed by atoms with E-state index in [0.717, 1.165) is 29.9 Å². The van der Waals surface area contributed by atoms with Crippen molar-refractivity contribution in [2.24, 2.45) is 0 Å². The predicted molar refractivity (Wildman–Crippen MR) is 120 cm³/mol. The molecule has 2 saturated heterocycles. The zero-order valence-electron chi connectivity index (χ0n) is 17.1. The number of para-hydroxylation sites is 2. The summed E-state index contributed by atoms with van der Waals surface area (Å²) >= 11 is 5.92. The highest BCUT2D eigenvalue weighted by Gasteiger charge is 2.38. The number of fused-ring (bicyclic) bond motifs is 1.